The van der Waals surface area contributed by atoms with E-state index in [0.29, 0.717) is 15.8 Å². The Labute approximate surface area is 118 Å². The van der Waals surface area contributed by atoms with Crippen molar-refractivity contribution < 1.29 is 14.9 Å². The summed E-state index contributed by atoms with van der Waals surface area (Å²) in [6.45, 7) is 0. The van der Waals surface area contributed by atoms with Crippen molar-refractivity contribution in [3.05, 3.63) is 40.5 Å². The normalized spacial score (nSPS) is 10.8. The molecule has 2 rings (SSSR count). The van der Waals surface area contributed by atoms with E-state index in [0.717, 1.165) is 0 Å². The second-order valence-corrected chi connectivity index (χ2v) is 4.47. The summed E-state index contributed by atoms with van der Waals surface area (Å²) in [6.07, 6.45) is 2.93. The number of benzene rings is 1. The van der Waals surface area contributed by atoms with Crippen molar-refractivity contribution in [3.8, 4) is 17.2 Å². The maximum Gasteiger partial charge on any atom is 0.194 e. The zero-order chi connectivity index (χ0) is 13.8. The number of halogens is 1. The van der Waals surface area contributed by atoms with E-state index >= 15 is 0 Å². The molecule has 2 N–H and O–H groups in total. The van der Waals surface area contributed by atoms with Crippen LogP contribution < -0.4 is 4.74 Å². The third kappa shape index (κ3) is 2.85. The first kappa shape index (κ1) is 13.4. The van der Waals surface area contributed by atoms with Gasteiger partial charge in [-0.2, -0.15) is 0 Å². The molecule has 0 unspecified atom stereocenters. The van der Waals surface area contributed by atoms with Crippen LogP contribution in [0, 0.1) is 0 Å². The molecule has 0 radical (unpaired) electrons. The molecule has 0 aliphatic rings. The molecule has 0 fully saturated rings. The van der Waals surface area contributed by atoms with Crippen molar-refractivity contribution in [3.63, 3.8) is 0 Å². The van der Waals surface area contributed by atoms with Crippen LogP contribution in [0.3, 0.4) is 0 Å². The Morgan fingerprint density at radius 1 is 1.32 bits per heavy atom. The number of rotatable bonds is 3. The number of hydrogen-bond acceptors (Lipinski definition) is 5. The summed E-state index contributed by atoms with van der Waals surface area (Å²) >= 11 is 3.31. The van der Waals surface area contributed by atoms with Crippen LogP contribution >= 0.6 is 15.9 Å². The zero-order valence-electron chi connectivity index (χ0n) is 10.0. The molecule has 0 aliphatic carbocycles. The molecule has 6 heteroatoms. The van der Waals surface area contributed by atoms with Crippen LogP contribution in [-0.2, 0) is 0 Å². The highest BCUT2D eigenvalue weighted by Gasteiger charge is 2.10. The molecule has 19 heavy (non-hydrogen) atoms. The minimum atomic E-state index is -0.0314. The van der Waals surface area contributed by atoms with Crippen LogP contribution in [0.25, 0.3) is 0 Å². The molecule has 0 atom stereocenters. The van der Waals surface area contributed by atoms with Crippen molar-refractivity contribution >= 4 is 28.0 Å². The number of methoxy groups -OCH3 is 1. The lowest BCUT2D eigenvalue weighted by atomic mass is 10.2. The van der Waals surface area contributed by atoms with Crippen molar-refractivity contribution in [2.75, 3.05) is 7.11 Å². The zero-order valence-corrected chi connectivity index (χ0v) is 11.6. The Morgan fingerprint density at radius 2 is 2.11 bits per heavy atom. The van der Waals surface area contributed by atoms with Crippen molar-refractivity contribution in [1.82, 2.24) is 4.98 Å². The first-order chi connectivity index (χ1) is 9.13. The second kappa shape index (κ2) is 5.71. The average molecular weight is 323 g/mol. The Balaban J connectivity index is 2.41. The van der Waals surface area contributed by atoms with E-state index in [2.05, 4.69) is 25.9 Å². The lowest BCUT2D eigenvalue weighted by molar-refractivity contribution is 0.373. The van der Waals surface area contributed by atoms with E-state index in [9.17, 15) is 10.2 Å². The highest BCUT2D eigenvalue weighted by molar-refractivity contribution is 9.10. The van der Waals surface area contributed by atoms with Gasteiger partial charge < -0.3 is 14.9 Å². The maximum atomic E-state index is 9.99. The van der Waals surface area contributed by atoms with E-state index in [-0.39, 0.29) is 17.3 Å². The van der Waals surface area contributed by atoms with Crippen LogP contribution in [0.2, 0.25) is 0 Å². The van der Waals surface area contributed by atoms with Crippen molar-refractivity contribution in [1.29, 1.82) is 0 Å². The molecule has 2 aromatic rings. The molecule has 0 aliphatic heterocycles. The molecule has 1 aromatic carbocycles. The van der Waals surface area contributed by atoms with Crippen molar-refractivity contribution in [2.45, 2.75) is 0 Å². The largest absolute Gasteiger partial charge is 0.504 e. The summed E-state index contributed by atoms with van der Waals surface area (Å²) in [4.78, 5) is 7.96. The number of aromatic hydroxyl groups is 2. The molecule has 5 nitrogen and oxygen atoms in total. The summed E-state index contributed by atoms with van der Waals surface area (Å²) in [6, 6.07) is 6.46. The smallest absolute Gasteiger partial charge is 0.194 e. The topological polar surface area (TPSA) is 74.9 Å². The molecule has 1 heterocycles. The van der Waals surface area contributed by atoms with E-state index in [1.165, 1.54) is 25.6 Å². The van der Waals surface area contributed by atoms with Gasteiger partial charge in [-0.1, -0.05) is 0 Å². The maximum absolute atomic E-state index is 9.99. The number of pyridine rings is 1. The predicted octanol–water partition coefficient (Wildman–Crippen LogP) is 3.01. The fraction of sp³-hybridized carbons (Fsp3) is 0.0769. The Morgan fingerprint density at radius 3 is 2.79 bits per heavy atom. The number of phenols is 1. The molecular formula is C13H11BrN2O3. The minimum absolute atomic E-state index is 0.0303. The first-order valence-corrected chi connectivity index (χ1v) is 6.16. The van der Waals surface area contributed by atoms with Crippen LogP contribution in [0.5, 0.6) is 17.2 Å². The van der Waals surface area contributed by atoms with E-state index < -0.39 is 0 Å². The van der Waals surface area contributed by atoms with E-state index in [1.54, 1.807) is 18.2 Å². The van der Waals surface area contributed by atoms with Crippen LogP contribution in [0.15, 0.2) is 39.9 Å². The van der Waals surface area contributed by atoms with Gasteiger partial charge in [0, 0.05) is 16.9 Å². The molecule has 0 saturated heterocycles. The quantitative estimate of drug-likeness (QED) is 0.852. The number of hydrogen-bond donors (Lipinski definition) is 2. The van der Waals surface area contributed by atoms with Gasteiger partial charge in [0.25, 0.3) is 0 Å². The van der Waals surface area contributed by atoms with Crippen LogP contribution in [0.1, 0.15) is 5.56 Å². The molecule has 0 bridgehead atoms. The van der Waals surface area contributed by atoms with Gasteiger partial charge in [0.2, 0.25) is 0 Å². The molecule has 0 amide bonds. The average Bonchev–Trinajstić information content (AvgIpc) is 2.40. The minimum Gasteiger partial charge on any atom is -0.504 e. The van der Waals surface area contributed by atoms with Gasteiger partial charge in [-0.3, -0.25) is 0 Å². The van der Waals surface area contributed by atoms with E-state index in [1.807, 2.05) is 0 Å². The summed E-state index contributed by atoms with van der Waals surface area (Å²) in [7, 11) is 1.47. The molecule has 0 spiro atoms. The first-order valence-electron chi connectivity index (χ1n) is 5.37. The lowest BCUT2D eigenvalue weighted by Crippen LogP contribution is -1.90. The summed E-state index contributed by atoms with van der Waals surface area (Å²) in [5.41, 5.74) is 0.449. The number of phenolic OH excluding ortho intramolecular Hbond substituents is 1. The van der Waals surface area contributed by atoms with Gasteiger partial charge >= 0.3 is 0 Å². The highest BCUT2D eigenvalue weighted by atomic mass is 79.9. The SMILES string of the molecule is COc1ccc(Br)c(/C=N/c2ncccc2O)c1O. The van der Waals surface area contributed by atoms with E-state index in [4.69, 9.17) is 4.74 Å². The standard InChI is InChI=1S/C13H11BrN2O3/c1-19-11-5-4-9(14)8(12(11)18)7-16-13-10(17)3-2-6-15-13/h2-7,17-18H,1H3/b16-7+. The summed E-state index contributed by atoms with van der Waals surface area (Å²) in [5.74, 6) is 0.458. The predicted molar refractivity (Wildman–Crippen MR) is 75.5 cm³/mol. The number of aromatic nitrogens is 1. The fourth-order valence-electron chi connectivity index (χ4n) is 1.46. The molecule has 1 aromatic heterocycles. The Hall–Kier alpha value is -2.08. The number of aliphatic imine (C=N–C) groups is 1. The molecule has 98 valence electrons. The monoisotopic (exact) mass is 322 g/mol. The van der Waals surface area contributed by atoms with Crippen LogP contribution in [-0.4, -0.2) is 28.5 Å². The number of nitrogens with zero attached hydrogens (tertiary/aromatic N) is 2. The van der Waals surface area contributed by atoms with Gasteiger partial charge in [0.15, 0.2) is 23.1 Å². The Kier molecular flexibility index (Phi) is 4.01. The fourth-order valence-corrected chi connectivity index (χ4v) is 1.89. The van der Waals surface area contributed by atoms with Gasteiger partial charge in [-0.05, 0) is 40.2 Å². The van der Waals surface area contributed by atoms with Gasteiger partial charge in [0.1, 0.15) is 0 Å². The lowest BCUT2D eigenvalue weighted by Gasteiger charge is -2.07. The van der Waals surface area contributed by atoms with Gasteiger partial charge in [-0.25, -0.2) is 9.98 Å². The third-order valence-electron chi connectivity index (χ3n) is 2.43. The van der Waals surface area contributed by atoms with Crippen molar-refractivity contribution in [2.24, 2.45) is 4.99 Å². The van der Waals surface area contributed by atoms with Gasteiger partial charge in [-0.15, -0.1) is 0 Å². The summed E-state index contributed by atoms with van der Waals surface area (Å²) in [5, 5.41) is 19.5. The second-order valence-electron chi connectivity index (χ2n) is 3.62. The highest BCUT2D eigenvalue weighted by Crippen LogP contribution is 2.34. The summed E-state index contributed by atoms with van der Waals surface area (Å²) < 4.78 is 5.68. The molecule has 0 saturated carbocycles. The third-order valence-corrected chi connectivity index (χ3v) is 3.12. The molecular weight excluding hydrogens is 312 g/mol. The number of ether oxygens (including phenoxy) is 1. The Bertz CT molecular complexity index is 629. The van der Waals surface area contributed by atoms with Gasteiger partial charge in [0.05, 0.1) is 12.7 Å². The van der Waals surface area contributed by atoms with Crippen LogP contribution in [0.4, 0.5) is 5.82 Å².